The third-order valence-electron chi connectivity index (χ3n) is 5.18. The van der Waals surface area contributed by atoms with E-state index in [0.29, 0.717) is 43.2 Å². The summed E-state index contributed by atoms with van der Waals surface area (Å²) in [6.45, 7) is 4.40. The van der Waals surface area contributed by atoms with Gasteiger partial charge in [-0.05, 0) is 25.1 Å². The smallest absolute Gasteiger partial charge is 0.320 e. The number of amides is 1. The van der Waals surface area contributed by atoms with Gasteiger partial charge in [0.2, 0.25) is 0 Å². The number of nitriles is 1. The Balaban J connectivity index is 1.57. The van der Waals surface area contributed by atoms with Gasteiger partial charge in [-0.15, -0.1) is 0 Å². The molecule has 0 unspecified atom stereocenters. The molecule has 1 amide bonds. The van der Waals surface area contributed by atoms with Crippen molar-refractivity contribution in [3.63, 3.8) is 0 Å². The minimum Gasteiger partial charge on any atom is -0.320 e. The predicted octanol–water partition coefficient (Wildman–Crippen LogP) is 1.12. The molecule has 2 heterocycles. The van der Waals surface area contributed by atoms with Crippen molar-refractivity contribution in [1.29, 1.82) is 5.26 Å². The summed E-state index contributed by atoms with van der Waals surface area (Å²) in [5.74, 6) is 0.453. The van der Waals surface area contributed by atoms with Crippen LogP contribution in [0.2, 0.25) is 0 Å². The van der Waals surface area contributed by atoms with Crippen molar-refractivity contribution in [2.24, 2.45) is 0 Å². The van der Waals surface area contributed by atoms with Gasteiger partial charge in [-0.2, -0.15) is 18.4 Å². The van der Waals surface area contributed by atoms with Crippen molar-refractivity contribution >= 4 is 17.4 Å². The third kappa shape index (κ3) is 4.84. The van der Waals surface area contributed by atoms with E-state index in [-0.39, 0.29) is 11.9 Å². The number of aromatic nitrogens is 1. The molecule has 29 heavy (non-hydrogen) atoms. The number of hydrogen-bond donors (Lipinski definition) is 2. The fourth-order valence-corrected chi connectivity index (χ4v) is 3.37. The molecule has 1 aliphatic rings. The maximum atomic E-state index is 12.7. The highest BCUT2D eigenvalue weighted by Gasteiger charge is 2.35. The van der Waals surface area contributed by atoms with E-state index in [1.807, 2.05) is 11.8 Å². The molecule has 9 heteroatoms. The maximum absolute atomic E-state index is 12.7. The van der Waals surface area contributed by atoms with E-state index in [9.17, 15) is 18.0 Å². The molecular formula is C20H22F3N5O+2. The Morgan fingerprint density at radius 2 is 1.93 bits per heavy atom. The number of halogens is 3. The number of nitrogens with one attached hydrogen (secondary N) is 3. The summed E-state index contributed by atoms with van der Waals surface area (Å²) in [5, 5.41) is 12.0. The zero-order valence-corrected chi connectivity index (χ0v) is 15.9. The number of H-pyrrole nitrogens is 1. The van der Waals surface area contributed by atoms with Gasteiger partial charge in [0, 0.05) is 6.07 Å². The van der Waals surface area contributed by atoms with Gasteiger partial charge >= 0.3 is 6.18 Å². The van der Waals surface area contributed by atoms with Gasteiger partial charge in [0.1, 0.15) is 38.4 Å². The summed E-state index contributed by atoms with van der Waals surface area (Å²) in [7, 11) is 0. The predicted molar refractivity (Wildman–Crippen MR) is 100 cm³/mol. The van der Waals surface area contributed by atoms with Crippen LogP contribution in [0, 0.1) is 11.3 Å². The van der Waals surface area contributed by atoms with Crippen LogP contribution in [0.1, 0.15) is 18.1 Å². The topological polar surface area (TPSA) is 74.7 Å². The highest BCUT2D eigenvalue weighted by molar-refractivity contribution is 5.94. The van der Waals surface area contributed by atoms with Crippen molar-refractivity contribution in [2.45, 2.75) is 19.1 Å². The first-order valence-corrected chi connectivity index (χ1v) is 9.28. The first-order valence-electron chi connectivity index (χ1n) is 9.28. The fourth-order valence-electron chi connectivity index (χ4n) is 3.37. The van der Waals surface area contributed by atoms with Crippen LogP contribution in [0.5, 0.6) is 0 Å². The van der Waals surface area contributed by atoms with Gasteiger partial charge in [0.15, 0.2) is 6.04 Å². The van der Waals surface area contributed by atoms with Gasteiger partial charge in [0.05, 0.1) is 16.8 Å². The summed E-state index contributed by atoms with van der Waals surface area (Å²) in [5.41, 5.74) is 0.184. The van der Waals surface area contributed by atoms with Crippen molar-refractivity contribution in [2.75, 3.05) is 36.4 Å². The van der Waals surface area contributed by atoms with Crippen LogP contribution in [0.25, 0.3) is 0 Å². The summed E-state index contributed by atoms with van der Waals surface area (Å²) >= 11 is 0. The minimum atomic E-state index is -4.37. The van der Waals surface area contributed by atoms with Gasteiger partial charge in [0.25, 0.3) is 11.7 Å². The van der Waals surface area contributed by atoms with Gasteiger partial charge in [-0.3, -0.25) is 9.69 Å². The number of rotatable bonds is 4. The number of carbonyl (C=O) groups is 1. The lowest BCUT2D eigenvalue weighted by molar-refractivity contribution is -0.914. The zero-order chi connectivity index (χ0) is 21.0. The summed E-state index contributed by atoms with van der Waals surface area (Å²) in [6, 6.07) is 11.1. The highest BCUT2D eigenvalue weighted by Crippen LogP contribution is 2.28. The lowest BCUT2D eigenvalue weighted by Gasteiger charge is -2.31. The Kier molecular flexibility index (Phi) is 6.03. The molecule has 0 bridgehead atoms. The summed E-state index contributed by atoms with van der Waals surface area (Å²) in [4.78, 5) is 18.4. The minimum absolute atomic E-state index is 0.169. The molecule has 3 rings (SSSR count). The van der Waals surface area contributed by atoms with E-state index in [1.54, 1.807) is 24.3 Å². The van der Waals surface area contributed by atoms with Crippen LogP contribution >= 0.6 is 0 Å². The molecule has 6 nitrogen and oxygen atoms in total. The molecule has 0 saturated carbocycles. The van der Waals surface area contributed by atoms with E-state index >= 15 is 0 Å². The van der Waals surface area contributed by atoms with Crippen LogP contribution in [0.4, 0.5) is 24.7 Å². The van der Waals surface area contributed by atoms with Gasteiger partial charge in [-0.25, -0.2) is 4.98 Å². The van der Waals surface area contributed by atoms with Crippen LogP contribution in [0.3, 0.4) is 0 Å². The van der Waals surface area contributed by atoms with E-state index in [0.717, 1.165) is 17.2 Å². The van der Waals surface area contributed by atoms with E-state index in [4.69, 9.17) is 5.26 Å². The molecule has 0 aliphatic carbocycles. The molecule has 2 aromatic rings. The molecule has 152 valence electrons. The van der Waals surface area contributed by atoms with Crippen LogP contribution in [-0.2, 0) is 11.0 Å². The van der Waals surface area contributed by atoms with E-state index in [2.05, 4.69) is 16.4 Å². The monoisotopic (exact) mass is 405 g/mol. The molecule has 0 spiro atoms. The number of alkyl halides is 3. The lowest BCUT2D eigenvalue weighted by Crippen LogP contribution is -3.19. The average molecular weight is 405 g/mol. The molecule has 1 aromatic heterocycles. The van der Waals surface area contributed by atoms with Crippen molar-refractivity contribution in [3.05, 3.63) is 53.7 Å². The molecule has 3 N–H and O–H groups in total. The number of aromatic amines is 1. The number of carbonyl (C=O) groups excluding carboxylic acids is 1. The largest absolute Gasteiger partial charge is 0.419 e. The SMILES string of the molecule is C[C@H](C(=O)Nc1ccccc1C#N)[NH+]1CCN(c2ccc(C(F)(F)F)c[nH+]2)CC1. The summed E-state index contributed by atoms with van der Waals surface area (Å²) in [6.07, 6.45) is -3.40. The summed E-state index contributed by atoms with van der Waals surface area (Å²) < 4.78 is 38.1. The van der Waals surface area contributed by atoms with E-state index in [1.165, 1.54) is 6.07 Å². The third-order valence-corrected chi connectivity index (χ3v) is 5.18. The number of para-hydroxylation sites is 1. The Morgan fingerprint density at radius 1 is 1.24 bits per heavy atom. The zero-order valence-electron chi connectivity index (χ0n) is 15.9. The van der Waals surface area contributed by atoms with Crippen molar-refractivity contribution in [1.82, 2.24) is 0 Å². The second-order valence-electron chi connectivity index (χ2n) is 6.97. The molecule has 1 saturated heterocycles. The second-order valence-corrected chi connectivity index (χ2v) is 6.97. The van der Waals surface area contributed by atoms with Crippen LogP contribution in [-0.4, -0.2) is 38.1 Å². The molecule has 1 atom stereocenters. The average Bonchev–Trinajstić information content (AvgIpc) is 2.73. The lowest BCUT2D eigenvalue weighted by atomic mass is 10.1. The quantitative estimate of drug-likeness (QED) is 0.801. The van der Waals surface area contributed by atoms with Crippen molar-refractivity contribution < 1.29 is 27.8 Å². The van der Waals surface area contributed by atoms with Crippen LogP contribution < -0.4 is 20.1 Å². The molecular weight excluding hydrogens is 383 g/mol. The maximum Gasteiger partial charge on any atom is 0.419 e. The second kappa shape index (κ2) is 8.49. The fraction of sp³-hybridized carbons (Fsp3) is 0.350. The Hall–Kier alpha value is -3.12. The number of hydrogen-bond acceptors (Lipinski definition) is 3. The molecule has 1 aromatic carbocycles. The number of anilines is 2. The van der Waals surface area contributed by atoms with Crippen molar-refractivity contribution in [3.8, 4) is 6.07 Å². The number of benzene rings is 1. The van der Waals surface area contributed by atoms with Crippen LogP contribution in [0.15, 0.2) is 42.6 Å². The number of quaternary nitrogens is 1. The van der Waals surface area contributed by atoms with Gasteiger partial charge in [-0.1, -0.05) is 12.1 Å². The highest BCUT2D eigenvalue weighted by atomic mass is 19.4. The Bertz CT molecular complexity index is 900. The number of nitrogens with zero attached hydrogens (tertiary/aromatic N) is 2. The first-order chi connectivity index (χ1) is 13.8. The molecule has 0 radical (unpaired) electrons. The number of pyridine rings is 1. The van der Waals surface area contributed by atoms with E-state index < -0.39 is 11.7 Å². The van der Waals surface area contributed by atoms with Gasteiger partial charge < -0.3 is 10.2 Å². The Morgan fingerprint density at radius 3 is 2.52 bits per heavy atom. The standard InChI is InChI=1S/C20H20F3N5O/c1-14(19(29)26-17-5-3-2-4-15(17)12-24)27-8-10-28(11-9-27)18-7-6-16(13-25-18)20(21,22)23/h2-7,13-14H,8-11H2,1H3,(H,26,29)/p+2/t14-/m1/s1. The first kappa shape index (κ1) is 20.6. The number of piperazine rings is 1. The molecule has 1 aliphatic heterocycles. The Labute approximate surface area is 166 Å². The molecule has 1 fully saturated rings. The normalized spacial score (nSPS) is 16.2.